The van der Waals surface area contributed by atoms with Gasteiger partial charge in [-0.2, -0.15) is 0 Å². The molecule has 1 atom stereocenters. The number of carbonyl (C=O) groups excluding carboxylic acids is 1. The topological polar surface area (TPSA) is 53.6 Å². The van der Waals surface area contributed by atoms with Crippen molar-refractivity contribution in [1.29, 1.82) is 0 Å². The molecule has 0 saturated carbocycles. The third-order valence-electron chi connectivity index (χ3n) is 2.52. The number of amides is 1. The fourth-order valence-electron chi connectivity index (χ4n) is 1.65. The number of hydrogen-bond acceptors (Lipinski definition) is 4. The van der Waals surface area contributed by atoms with Crippen LogP contribution in [0.4, 0.5) is 0 Å². The van der Waals surface area contributed by atoms with Gasteiger partial charge in [0.2, 0.25) is 5.91 Å². The lowest BCUT2D eigenvalue weighted by atomic mass is 10.2. The van der Waals surface area contributed by atoms with E-state index >= 15 is 0 Å². The largest absolute Gasteiger partial charge is 0.375 e. The molecule has 0 spiro atoms. The maximum atomic E-state index is 11.5. The van der Waals surface area contributed by atoms with E-state index in [-0.39, 0.29) is 12.0 Å². The molecule has 1 aliphatic heterocycles. The van der Waals surface area contributed by atoms with E-state index in [4.69, 9.17) is 4.74 Å². The van der Waals surface area contributed by atoms with Crippen LogP contribution in [0.2, 0.25) is 0 Å². The Balaban J connectivity index is 2.01. The summed E-state index contributed by atoms with van der Waals surface area (Å²) in [7, 11) is 4.06. The number of hydrogen-bond donors (Lipinski definition) is 2. The predicted octanol–water partition coefficient (Wildman–Crippen LogP) is -0.567. The second-order valence-corrected chi connectivity index (χ2v) is 4.41. The molecule has 0 radical (unpaired) electrons. The smallest absolute Gasteiger partial charge is 0.222 e. The molecule has 0 aliphatic carbocycles. The van der Waals surface area contributed by atoms with E-state index in [1.165, 1.54) is 0 Å². The predicted molar refractivity (Wildman–Crippen MR) is 63.4 cm³/mol. The summed E-state index contributed by atoms with van der Waals surface area (Å²) >= 11 is 0. The van der Waals surface area contributed by atoms with Gasteiger partial charge >= 0.3 is 0 Å². The van der Waals surface area contributed by atoms with Crippen LogP contribution in [0.25, 0.3) is 0 Å². The number of nitrogens with one attached hydrogen (secondary N) is 2. The summed E-state index contributed by atoms with van der Waals surface area (Å²) in [5.41, 5.74) is 0. The second kappa shape index (κ2) is 7.60. The maximum Gasteiger partial charge on any atom is 0.222 e. The molecule has 1 saturated heterocycles. The average molecular weight is 229 g/mol. The van der Waals surface area contributed by atoms with Crippen LogP contribution in [0.5, 0.6) is 0 Å². The van der Waals surface area contributed by atoms with Gasteiger partial charge in [0.15, 0.2) is 0 Å². The fraction of sp³-hybridized carbons (Fsp3) is 0.909. The lowest BCUT2D eigenvalue weighted by Gasteiger charge is -2.23. The Morgan fingerprint density at radius 3 is 3.00 bits per heavy atom. The highest BCUT2D eigenvalue weighted by atomic mass is 16.5. The monoisotopic (exact) mass is 229 g/mol. The van der Waals surface area contributed by atoms with E-state index in [1.807, 2.05) is 14.1 Å². The van der Waals surface area contributed by atoms with Crippen LogP contribution in [0.15, 0.2) is 0 Å². The highest BCUT2D eigenvalue weighted by Gasteiger charge is 2.16. The van der Waals surface area contributed by atoms with Gasteiger partial charge in [-0.05, 0) is 27.1 Å². The molecule has 5 nitrogen and oxygen atoms in total. The standard InChI is InChI=1S/C11H23N3O2/c1-14(2)6-3-4-13-11(15)8-10-9-12-5-7-16-10/h10,12H,3-9H2,1-2H3,(H,13,15). The Morgan fingerprint density at radius 2 is 2.38 bits per heavy atom. The molecule has 1 amide bonds. The summed E-state index contributed by atoms with van der Waals surface area (Å²) in [5.74, 6) is 0.0902. The molecule has 0 aromatic carbocycles. The second-order valence-electron chi connectivity index (χ2n) is 4.41. The zero-order valence-corrected chi connectivity index (χ0v) is 10.3. The number of morpholine rings is 1. The van der Waals surface area contributed by atoms with Crippen LogP contribution in [0.1, 0.15) is 12.8 Å². The van der Waals surface area contributed by atoms with Crippen molar-refractivity contribution in [1.82, 2.24) is 15.5 Å². The van der Waals surface area contributed by atoms with Crippen LogP contribution in [0, 0.1) is 0 Å². The summed E-state index contributed by atoms with van der Waals surface area (Å²) in [6, 6.07) is 0. The number of ether oxygens (including phenoxy) is 1. The van der Waals surface area contributed by atoms with Gasteiger partial charge in [-0.15, -0.1) is 0 Å². The molecule has 5 heteroatoms. The average Bonchev–Trinajstić information content (AvgIpc) is 2.25. The SMILES string of the molecule is CN(C)CCCNC(=O)CC1CNCCO1. The summed E-state index contributed by atoms with van der Waals surface area (Å²) in [4.78, 5) is 13.6. The number of rotatable bonds is 6. The van der Waals surface area contributed by atoms with Crippen LogP contribution < -0.4 is 10.6 Å². The Bertz CT molecular complexity index is 203. The van der Waals surface area contributed by atoms with Crippen molar-refractivity contribution in [3.8, 4) is 0 Å². The third kappa shape index (κ3) is 6.05. The van der Waals surface area contributed by atoms with E-state index in [0.717, 1.165) is 32.6 Å². The van der Waals surface area contributed by atoms with Crippen molar-refractivity contribution in [2.45, 2.75) is 18.9 Å². The first-order valence-electron chi connectivity index (χ1n) is 5.92. The molecule has 16 heavy (non-hydrogen) atoms. The number of carbonyl (C=O) groups is 1. The summed E-state index contributed by atoms with van der Waals surface area (Å²) < 4.78 is 5.46. The van der Waals surface area contributed by atoms with Gasteiger partial charge in [0.25, 0.3) is 0 Å². The Morgan fingerprint density at radius 1 is 1.56 bits per heavy atom. The van der Waals surface area contributed by atoms with Crippen LogP contribution in [0.3, 0.4) is 0 Å². The van der Waals surface area contributed by atoms with Crippen molar-refractivity contribution >= 4 is 5.91 Å². The Kier molecular flexibility index (Phi) is 6.37. The summed E-state index contributed by atoms with van der Waals surface area (Å²) in [5, 5.41) is 6.12. The van der Waals surface area contributed by atoms with Gasteiger partial charge in [0.05, 0.1) is 19.1 Å². The highest BCUT2D eigenvalue weighted by molar-refractivity contribution is 5.76. The van der Waals surface area contributed by atoms with Crippen LogP contribution >= 0.6 is 0 Å². The van der Waals surface area contributed by atoms with Crippen molar-refractivity contribution in [2.75, 3.05) is 46.9 Å². The van der Waals surface area contributed by atoms with E-state index in [0.29, 0.717) is 13.0 Å². The quantitative estimate of drug-likeness (QED) is 0.599. The van der Waals surface area contributed by atoms with E-state index < -0.39 is 0 Å². The summed E-state index contributed by atoms with van der Waals surface area (Å²) in [6.45, 7) is 4.13. The van der Waals surface area contributed by atoms with Crippen molar-refractivity contribution < 1.29 is 9.53 Å². The minimum absolute atomic E-state index is 0.0441. The zero-order chi connectivity index (χ0) is 11.8. The first kappa shape index (κ1) is 13.4. The van der Waals surface area contributed by atoms with Gasteiger partial charge in [-0.3, -0.25) is 4.79 Å². The number of nitrogens with zero attached hydrogens (tertiary/aromatic N) is 1. The highest BCUT2D eigenvalue weighted by Crippen LogP contribution is 2.00. The molecule has 0 aromatic rings. The first-order chi connectivity index (χ1) is 7.68. The lowest BCUT2D eigenvalue weighted by Crippen LogP contribution is -2.41. The van der Waals surface area contributed by atoms with Crippen LogP contribution in [-0.2, 0) is 9.53 Å². The van der Waals surface area contributed by atoms with Gasteiger partial charge in [0.1, 0.15) is 0 Å². The Hall–Kier alpha value is -0.650. The Labute approximate surface area is 97.5 Å². The molecule has 1 heterocycles. The van der Waals surface area contributed by atoms with Gasteiger partial charge < -0.3 is 20.3 Å². The minimum atomic E-state index is 0.0441. The molecule has 94 valence electrons. The fourth-order valence-corrected chi connectivity index (χ4v) is 1.65. The molecule has 1 fully saturated rings. The van der Waals surface area contributed by atoms with Gasteiger partial charge in [-0.1, -0.05) is 0 Å². The molecule has 2 N–H and O–H groups in total. The van der Waals surface area contributed by atoms with Crippen molar-refractivity contribution in [2.24, 2.45) is 0 Å². The molecule has 0 bridgehead atoms. The van der Waals surface area contributed by atoms with E-state index in [1.54, 1.807) is 0 Å². The molecular weight excluding hydrogens is 206 g/mol. The molecule has 1 rings (SSSR count). The molecule has 1 unspecified atom stereocenters. The summed E-state index contributed by atoms with van der Waals surface area (Å²) in [6.07, 6.45) is 1.50. The maximum absolute atomic E-state index is 11.5. The lowest BCUT2D eigenvalue weighted by molar-refractivity contribution is -0.124. The molecular formula is C11H23N3O2. The van der Waals surface area contributed by atoms with Crippen LogP contribution in [-0.4, -0.2) is 63.8 Å². The minimum Gasteiger partial charge on any atom is -0.375 e. The third-order valence-corrected chi connectivity index (χ3v) is 2.52. The van der Waals surface area contributed by atoms with Gasteiger partial charge in [0, 0.05) is 19.6 Å². The first-order valence-corrected chi connectivity index (χ1v) is 5.92. The van der Waals surface area contributed by atoms with E-state index in [9.17, 15) is 4.79 Å². The van der Waals surface area contributed by atoms with E-state index in [2.05, 4.69) is 15.5 Å². The van der Waals surface area contributed by atoms with Crippen molar-refractivity contribution in [3.05, 3.63) is 0 Å². The van der Waals surface area contributed by atoms with Gasteiger partial charge in [-0.25, -0.2) is 0 Å². The molecule has 1 aliphatic rings. The molecule has 0 aromatic heterocycles. The zero-order valence-electron chi connectivity index (χ0n) is 10.3. The normalized spacial score (nSPS) is 21.1. The van der Waals surface area contributed by atoms with Crippen molar-refractivity contribution in [3.63, 3.8) is 0 Å².